The molecule has 0 N–H and O–H groups in total. The standard InChI is InChI=1S/C26H21NO/c1-28-23-17-15-22(16-18-23)27-19-26-24(20-9-4-2-5-10-20)13-8-14-25(26)21-11-6-3-7-12-21/h2-19H,1H3. The molecule has 0 bridgehead atoms. The minimum Gasteiger partial charge on any atom is -0.497 e. The lowest BCUT2D eigenvalue weighted by molar-refractivity contribution is 0.415. The van der Waals surface area contributed by atoms with E-state index >= 15 is 0 Å². The van der Waals surface area contributed by atoms with Gasteiger partial charge in [0.25, 0.3) is 0 Å². The molecule has 0 aliphatic heterocycles. The van der Waals surface area contributed by atoms with Gasteiger partial charge >= 0.3 is 0 Å². The van der Waals surface area contributed by atoms with Gasteiger partial charge < -0.3 is 4.74 Å². The minimum atomic E-state index is 0.827. The number of aliphatic imine (C=N–C) groups is 1. The van der Waals surface area contributed by atoms with Gasteiger partial charge in [-0.05, 0) is 46.5 Å². The Labute approximate surface area is 165 Å². The van der Waals surface area contributed by atoms with E-state index in [2.05, 4.69) is 66.7 Å². The highest BCUT2D eigenvalue weighted by Crippen LogP contribution is 2.32. The van der Waals surface area contributed by atoms with Gasteiger partial charge in [-0.15, -0.1) is 0 Å². The maximum atomic E-state index is 5.23. The van der Waals surface area contributed by atoms with Gasteiger partial charge in [0.05, 0.1) is 12.8 Å². The van der Waals surface area contributed by atoms with Gasteiger partial charge in [-0.2, -0.15) is 0 Å². The molecule has 2 nitrogen and oxygen atoms in total. The zero-order valence-corrected chi connectivity index (χ0v) is 15.7. The summed E-state index contributed by atoms with van der Waals surface area (Å²) in [5.41, 5.74) is 6.68. The van der Waals surface area contributed by atoms with Crippen LogP contribution in [-0.2, 0) is 0 Å². The Morgan fingerprint density at radius 1 is 0.607 bits per heavy atom. The molecular formula is C26H21NO. The van der Waals surface area contributed by atoms with Crippen molar-refractivity contribution >= 4 is 11.9 Å². The Hall–Kier alpha value is -3.65. The largest absolute Gasteiger partial charge is 0.497 e. The molecule has 4 rings (SSSR count). The Morgan fingerprint density at radius 3 is 1.64 bits per heavy atom. The van der Waals surface area contributed by atoms with E-state index in [9.17, 15) is 0 Å². The fourth-order valence-corrected chi connectivity index (χ4v) is 3.25. The molecule has 0 amide bonds. The van der Waals surface area contributed by atoms with Crippen molar-refractivity contribution in [3.63, 3.8) is 0 Å². The Kier molecular flexibility index (Phi) is 5.30. The van der Waals surface area contributed by atoms with E-state index in [1.54, 1.807) is 7.11 Å². The van der Waals surface area contributed by atoms with Crippen LogP contribution in [0.15, 0.2) is 108 Å². The number of methoxy groups -OCH3 is 1. The number of rotatable bonds is 5. The highest BCUT2D eigenvalue weighted by atomic mass is 16.5. The van der Waals surface area contributed by atoms with Crippen LogP contribution in [0.1, 0.15) is 5.56 Å². The van der Waals surface area contributed by atoms with Gasteiger partial charge in [-0.1, -0.05) is 78.9 Å². The lowest BCUT2D eigenvalue weighted by atomic mass is 9.92. The Bertz CT molecular complexity index is 1010. The molecule has 0 saturated heterocycles. The van der Waals surface area contributed by atoms with Crippen LogP contribution in [0.4, 0.5) is 5.69 Å². The predicted molar refractivity (Wildman–Crippen MR) is 118 cm³/mol. The molecular weight excluding hydrogens is 342 g/mol. The molecule has 0 heterocycles. The summed E-state index contributed by atoms with van der Waals surface area (Å²) < 4.78 is 5.23. The van der Waals surface area contributed by atoms with Gasteiger partial charge in [0.2, 0.25) is 0 Å². The van der Waals surface area contributed by atoms with Crippen molar-refractivity contribution in [2.75, 3.05) is 7.11 Å². The van der Waals surface area contributed by atoms with E-state index in [-0.39, 0.29) is 0 Å². The molecule has 0 aliphatic rings. The number of nitrogens with zero attached hydrogens (tertiary/aromatic N) is 1. The second-order valence-corrected chi connectivity index (χ2v) is 6.46. The van der Waals surface area contributed by atoms with Crippen LogP contribution in [0.3, 0.4) is 0 Å². The van der Waals surface area contributed by atoms with Crippen molar-refractivity contribution in [1.29, 1.82) is 0 Å². The topological polar surface area (TPSA) is 21.6 Å². The third-order valence-corrected chi connectivity index (χ3v) is 4.69. The highest BCUT2D eigenvalue weighted by Gasteiger charge is 2.10. The average molecular weight is 363 g/mol. The lowest BCUT2D eigenvalue weighted by Gasteiger charge is -2.12. The summed E-state index contributed by atoms with van der Waals surface area (Å²) in [5, 5.41) is 0. The summed E-state index contributed by atoms with van der Waals surface area (Å²) in [6.07, 6.45) is 1.96. The van der Waals surface area contributed by atoms with Gasteiger partial charge in [-0.25, -0.2) is 0 Å². The average Bonchev–Trinajstić information content (AvgIpc) is 2.79. The van der Waals surface area contributed by atoms with Crippen LogP contribution in [-0.4, -0.2) is 13.3 Å². The molecule has 4 aromatic carbocycles. The van der Waals surface area contributed by atoms with Crippen LogP contribution in [0.5, 0.6) is 5.75 Å². The zero-order chi connectivity index (χ0) is 19.2. The first-order valence-electron chi connectivity index (χ1n) is 9.27. The van der Waals surface area contributed by atoms with Crippen molar-refractivity contribution in [2.24, 2.45) is 4.99 Å². The van der Waals surface area contributed by atoms with E-state index < -0.39 is 0 Å². The Morgan fingerprint density at radius 2 is 1.14 bits per heavy atom. The highest BCUT2D eigenvalue weighted by molar-refractivity contribution is 5.99. The Balaban J connectivity index is 1.83. The van der Waals surface area contributed by atoms with Crippen LogP contribution in [0.25, 0.3) is 22.3 Å². The molecule has 0 fully saturated rings. The number of benzene rings is 4. The third-order valence-electron chi connectivity index (χ3n) is 4.69. The summed E-state index contributed by atoms with van der Waals surface area (Å²) in [7, 11) is 1.67. The first-order valence-corrected chi connectivity index (χ1v) is 9.27. The number of hydrogen-bond acceptors (Lipinski definition) is 2. The lowest BCUT2D eigenvalue weighted by Crippen LogP contribution is -1.93. The monoisotopic (exact) mass is 363 g/mol. The maximum absolute atomic E-state index is 5.23. The molecule has 4 aromatic rings. The maximum Gasteiger partial charge on any atom is 0.119 e. The number of ether oxygens (including phenoxy) is 1. The summed E-state index contributed by atoms with van der Waals surface area (Å²) >= 11 is 0. The second-order valence-electron chi connectivity index (χ2n) is 6.46. The fraction of sp³-hybridized carbons (Fsp3) is 0.0385. The molecule has 0 aromatic heterocycles. The summed E-state index contributed by atoms with van der Waals surface area (Å²) in [6.45, 7) is 0. The van der Waals surface area contributed by atoms with Crippen LogP contribution in [0, 0.1) is 0 Å². The first-order chi connectivity index (χ1) is 13.8. The molecule has 28 heavy (non-hydrogen) atoms. The molecule has 136 valence electrons. The van der Waals surface area contributed by atoms with Gasteiger partial charge in [0, 0.05) is 11.8 Å². The number of hydrogen-bond donors (Lipinski definition) is 0. The van der Waals surface area contributed by atoms with E-state index in [4.69, 9.17) is 9.73 Å². The van der Waals surface area contributed by atoms with Gasteiger partial charge in [0.15, 0.2) is 0 Å². The summed E-state index contributed by atoms with van der Waals surface area (Å²) in [4.78, 5) is 4.74. The zero-order valence-electron chi connectivity index (χ0n) is 15.7. The van der Waals surface area contributed by atoms with E-state index in [1.165, 1.54) is 22.3 Å². The molecule has 0 spiro atoms. The van der Waals surface area contributed by atoms with Gasteiger partial charge in [0.1, 0.15) is 5.75 Å². The van der Waals surface area contributed by atoms with Crippen molar-refractivity contribution < 1.29 is 4.74 Å². The first kappa shape index (κ1) is 17.7. The molecule has 0 radical (unpaired) electrons. The molecule has 2 heteroatoms. The van der Waals surface area contributed by atoms with Crippen LogP contribution >= 0.6 is 0 Å². The predicted octanol–water partition coefficient (Wildman–Crippen LogP) is 6.78. The van der Waals surface area contributed by atoms with Crippen molar-refractivity contribution in [1.82, 2.24) is 0 Å². The van der Waals surface area contributed by atoms with Gasteiger partial charge in [-0.3, -0.25) is 4.99 Å². The third kappa shape index (κ3) is 3.86. The van der Waals surface area contributed by atoms with E-state index in [0.29, 0.717) is 0 Å². The van der Waals surface area contributed by atoms with Crippen molar-refractivity contribution in [3.05, 3.63) is 109 Å². The van der Waals surface area contributed by atoms with Crippen LogP contribution in [0.2, 0.25) is 0 Å². The molecule has 0 atom stereocenters. The van der Waals surface area contributed by atoms with Crippen molar-refractivity contribution in [2.45, 2.75) is 0 Å². The minimum absolute atomic E-state index is 0.827. The normalized spacial score (nSPS) is 10.9. The smallest absolute Gasteiger partial charge is 0.119 e. The van der Waals surface area contributed by atoms with E-state index in [1.807, 2.05) is 42.6 Å². The SMILES string of the molecule is COc1ccc(N=Cc2c(-c3ccccc3)cccc2-c2ccccc2)cc1. The molecule has 0 unspecified atom stereocenters. The fourth-order valence-electron chi connectivity index (χ4n) is 3.25. The summed E-state index contributed by atoms with van der Waals surface area (Å²) in [6, 6.07) is 35.0. The molecule has 0 saturated carbocycles. The van der Waals surface area contributed by atoms with Crippen LogP contribution < -0.4 is 4.74 Å². The quantitative estimate of drug-likeness (QED) is 0.358. The summed E-state index contributed by atoms with van der Waals surface area (Å²) in [5.74, 6) is 0.827. The molecule has 0 aliphatic carbocycles. The second kappa shape index (κ2) is 8.36. The van der Waals surface area contributed by atoms with Crippen molar-refractivity contribution in [3.8, 4) is 28.0 Å². The van der Waals surface area contributed by atoms with E-state index in [0.717, 1.165) is 17.0 Å².